The molecule has 0 saturated carbocycles. The molecule has 4 heteroatoms. The fourth-order valence-corrected chi connectivity index (χ4v) is 1.84. The average molecular weight is 285 g/mol. The Labute approximate surface area is 124 Å². The van der Waals surface area contributed by atoms with E-state index in [1.165, 1.54) is 5.06 Å². The smallest absolute Gasteiger partial charge is 0.277 e. The average Bonchev–Trinajstić information content (AvgIpc) is 2.54. The molecule has 0 N–H and O–H groups in total. The predicted octanol–water partition coefficient (Wildman–Crippen LogP) is 3.29. The topological polar surface area (TPSA) is 38.8 Å². The summed E-state index contributed by atoms with van der Waals surface area (Å²) in [6.45, 7) is 2.92. The fraction of sp³-hybridized carbons (Fsp3) is 0.235. The summed E-state index contributed by atoms with van der Waals surface area (Å²) in [7, 11) is 1.61. The Hall–Kier alpha value is -2.33. The van der Waals surface area contributed by atoms with E-state index in [2.05, 4.69) is 0 Å². The monoisotopic (exact) mass is 285 g/mol. The van der Waals surface area contributed by atoms with Gasteiger partial charge in [0.25, 0.3) is 5.91 Å². The quantitative estimate of drug-likeness (QED) is 0.764. The van der Waals surface area contributed by atoms with Crippen LogP contribution in [0, 0.1) is 0 Å². The van der Waals surface area contributed by atoms with E-state index in [4.69, 9.17) is 9.57 Å². The van der Waals surface area contributed by atoms with Gasteiger partial charge in [0.15, 0.2) is 0 Å². The highest BCUT2D eigenvalue weighted by atomic mass is 16.7. The number of hydrogen-bond donors (Lipinski definition) is 0. The minimum absolute atomic E-state index is 0.165. The third-order valence-corrected chi connectivity index (χ3v) is 2.97. The Morgan fingerprint density at radius 1 is 1.05 bits per heavy atom. The van der Waals surface area contributed by atoms with Crippen LogP contribution in [0.4, 0.5) is 0 Å². The van der Waals surface area contributed by atoms with E-state index < -0.39 is 0 Å². The van der Waals surface area contributed by atoms with E-state index in [1.54, 1.807) is 19.2 Å². The first-order valence-electron chi connectivity index (χ1n) is 6.88. The maximum Gasteiger partial charge on any atom is 0.277 e. The second kappa shape index (κ2) is 7.45. The highest BCUT2D eigenvalue weighted by Crippen LogP contribution is 2.13. The molecule has 0 saturated heterocycles. The van der Waals surface area contributed by atoms with Gasteiger partial charge >= 0.3 is 0 Å². The molecule has 0 bridgehead atoms. The van der Waals surface area contributed by atoms with Gasteiger partial charge in [-0.15, -0.1) is 0 Å². The van der Waals surface area contributed by atoms with Crippen LogP contribution in [0.5, 0.6) is 5.75 Å². The van der Waals surface area contributed by atoms with E-state index in [9.17, 15) is 4.79 Å². The Bertz CT molecular complexity index is 566. The van der Waals surface area contributed by atoms with Crippen molar-refractivity contribution in [3.8, 4) is 5.75 Å². The van der Waals surface area contributed by atoms with Gasteiger partial charge in [-0.3, -0.25) is 9.63 Å². The van der Waals surface area contributed by atoms with Crippen LogP contribution in [0.1, 0.15) is 22.8 Å². The molecule has 0 aliphatic rings. The van der Waals surface area contributed by atoms with Crippen LogP contribution >= 0.6 is 0 Å². The lowest BCUT2D eigenvalue weighted by atomic mass is 10.2. The number of hydroxylamine groups is 2. The van der Waals surface area contributed by atoms with Gasteiger partial charge in [0, 0.05) is 12.6 Å². The number of ether oxygens (including phenoxy) is 1. The summed E-state index contributed by atoms with van der Waals surface area (Å²) < 4.78 is 5.38. The Morgan fingerprint density at radius 2 is 1.71 bits per heavy atom. The molecular weight excluding hydrogens is 266 g/mol. The highest BCUT2D eigenvalue weighted by Gasteiger charge is 2.11. The molecule has 0 heterocycles. The van der Waals surface area contributed by atoms with Crippen molar-refractivity contribution in [2.45, 2.75) is 13.5 Å². The first kappa shape index (κ1) is 15.1. The van der Waals surface area contributed by atoms with E-state index in [1.807, 2.05) is 49.4 Å². The second-order valence-electron chi connectivity index (χ2n) is 4.52. The summed E-state index contributed by atoms with van der Waals surface area (Å²) in [5, 5.41) is 1.26. The minimum Gasteiger partial charge on any atom is -0.494 e. The first-order chi connectivity index (χ1) is 10.2. The normalized spacial score (nSPS) is 10.2. The van der Waals surface area contributed by atoms with Crippen molar-refractivity contribution < 1.29 is 14.4 Å². The minimum atomic E-state index is -0.165. The summed E-state index contributed by atoms with van der Waals surface area (Å²) in [5.74, 6) is 0.663. The molecule has 2 rings (SSSR count). The molecule has 0 fully saturated rings. The summed E-state index contributed by atoms with van der Waals surface area (Å²) in [4.78, 5) is 17.6. The number of hydrogen-bond acceptors (Lipinski definition) is 3. The van der Waals surface area contributed by atoms with Gasteiger partial charge in [0.05, 0.1) is 6.61 Å². The van der Waals surface area contributed by atoms with Crippen molar-refractivity contribution >= 4 is 5.91 Å². The van der Waals surface area contributed by atoms with Gasteiger partial charge in [0.1, 0.15) is 12.4 Å². The lowest BCUT2D eigenvalue weighted by Crippen LogP contribution is -2.26. The van der Waals surface area contributed by atoms with E-state index >= 15 is 0 Å². The second-order valence-corrected chi connectivity index (χ2v) is 4.52. The number of rotatable bonds is 6. The molecule has 2 aromatic carbocycles. The Morgan fingerprint density at radius 3 is 2.33 bits per heavy atom. The van der Waals surface area contributed by atoms with Crippen LogP contribution in [0.25, 0.3) is 0 Å². The molecule has 1 amide bonds. The van der Waals surface area contributed by atoms with Crippen LogP contribution in [0.3, 0.4) is 0 Å². The molecule has 0 aliphatic heterocycles. The van der Waals surface area contributed by atoms with Gasteiger partial charge in [-0.25, -0.2) is 5.06 Å². The van der Waals surface area contributed by atoms with E-state index in [-0.39, 0.29) is 5.91 Å². The van der Waals surface area contributed by atoms with Crippen molar-refractivity contribution in [1.29, 1.82) is 0 Å². The molecular formula is C17H19NO3. The zero-order valence-electron chi connectivity index (χ0n) is 12.3. The Balaban J connectivity index is 1.88. The highest BCUT2D eigenvalue weighted by molar-refractivity contribution is 5.93. The number of nitrogens with zero attached hydrogens (tertiary/aromatic N) is 1. The SMILES string of the molecule is CCOc1ccc(CON(C)C(=O)c2ccccc2)cc1. The molecule has 0 aromatic heterocycles. The number of carbonyl (C=O) groups is 1. The van der Waals surface area contributed by atoms with Crippen molar-refractivity contribution in [3.05, 3.63) is 65.7 Å². The lowest BCUT2D eigenvalue weighted by Gasteiger charge is -2.17. The van der Waals surface area contributed by atoms with Gasteiger partial charge in [-0.1, -0.05) is 30.3 Å². The van der Waals surface area contributed by atoms with E-state index in [0.29, 0.717) is 18.8 Å². The van der Waals surface area contributed by atoms with E-state index in [0.717, 1.165) is 11.3 Å². The van der Waals surface area contributed by atoms with Gasteiger partial charge in [-0.2, -0.15) is 0 Å². The van der Waals surface area contributed by atoms with Gasteiger partial charge in [0.2, 0.25) is 0 Å². The predicted molar refractivity (Wildman–Crippen MR) is 80.9 cm³/mol. The standard InChI is InChI=1S/C17H19NO3/c1-3-20-16-11-9-14(10-12-16)13-21-18(2)17(19)15-7-5-4-6-8-15/h4-12H,3,13H2,1-2H3. The third kappa shape index (κ3) is 4.33. The molecule has 0 radical (unpaired) electrons. The number of amides is 1. The molecule has 0 aliphatic carbocycles. The van der Waals surface area contributed by atoms with Crippen molar-refractivity contribution in [3.63, 3.8) is 0 Å². The zero-order chi connectivity index (χ0) is 15.1. The summed E-state index contributed by atoms with van der Waals surface area (Å²) in [6.07, 6.45) is 0. The number of carbonyl (C=O) groups excluding carboxylic acids is 1. The van der Waals surface area contributed by atoms with Crippen LogP contribution < -0.4 is 4.74 Å². The molecule has 0 spiro atoms. The lowest BCUT2D eigenvalue weighted by molar-refractivity contribution is -0.116. The van der Waals surface area contributed by atoms with Crippen LogP contribution in [0.2, 0.25) is 0 Å². The molecule has 0 unspecified atom stereocenters. The van der Waals surface area contributed by atoms with Gasteiger partial charge in [-0.05, 0) is 36.8 Å². The zero-order valence-corrected chi connectivity index (χ0v) is 12.3. The molecule has 0 atom stereocenters. The molecule has 21 heavy (non-hydrogen) atoms. The van der Waals surface area contributed by atoms with Crippen molar-refractivity contribution in [2.24, 2.45) is 0 Å². The molecule has 110 valence electrons. The molecule has 2 aromatic rings. The van der Waals surface area contributed by atoms with Crippen molar-refractivity contribution in [1.82, 2.24) is 5.06 Å². The van der Waals surface area contributed by atoms with Gasteiger partial charge < -0.3 is 4.74 Å². The van der Waals surface area contributed by atoms with Crippen LogP contribution in [-0.2, 0) is 11.4 Å². The summed E-state index contributed by atoms with van der Waals surface area (Å²) in [6, 6.07) is 16.7. The maximum atomic E-state index is 12.1. The summed E-state index contributed by atoms with van der Waals surface area (Å²) in [5.41, 5.74) is 1.58. The molecule has 4 nitrogen and oxygen atoms in total. The summed E-state index contributed by atoms with van der Waals surface area (Å²) >= 11 is 0. The van der Waals surface area contributed by atoms with Crippen LogP contribution in [0.15, 0.2) is 54.6 Å². The largest absolute Gasteiger partial charge is 0.494 e. The Kier molecular flexibility index (Phi) is 5.35. The fourth-order valence-electron chi connectivity index (χ4n) is 1.84. The first-order valence-corrected chi connectivity index (χ1v) is 6.88. The maximum absolute atomic E-state index is 12.1. The van der Waals surface area contributed by atoms with Crippen molar-refractivity contribution in [2.75, 3.05) is 13.7 Å². The number of benzene rings is 2. The van der Waals surface area contributed by atoms with Crippen LogP contribution in [-0.4, -0.2) is 24.6 Å². The third-order valence-electron chi connectivity index (χ3n) is 2.97.